The van der Waals surface area contributed by atoms with Gasteiger partial charge in [0.15, 0.2) is 0 Å². The molecular formula is C34H38N2O. The Kier molecular flexibility index (Phi) is 6.50. The topological polar surface area (TPSA) is 32.3 Å². The van der Waals surface area contributed by atoms with Crippen LogP contribution in [-0.4, -0.2) is 29.9 Å². The number of carbonyl (C=O) groups is 1. The van der Waals surface area contributed by atoms with Crippen LogP contribution in [0.4, 0.5) is 0 Å². The number of likely N-dealkylation sites (tertiary alicyclic amines) is 1. The summed E-state index contributed by atoms with van der Waals surface area (Å²) in [4.78, 5) is 15.5. The molecule has 1 amide bonds. The van der Waals surface area contributed by atoms with Crippen molar-refractivity contribution in [2.45, 2.75) is 63.5 Å². The molecule has 3 unspecified atom stereocenters. The Hall–Kier alpha value is -3.17. The lowest BCUT2D eigenvalue weighted by Gasteiger charge is -2.46. The zero-order valence-corrected chi connectivity index (χ0v) is 22.1. The third-order valence-electron chi connectivity index (χ3n) is 9.41. The zero-order chi connectivity index (χ0) is 25.4. The highest BCUT2D eigenvalue weighted by atomic mass is 16.1. The van der Waals surface area contributed by atoms with E-state index in [1.54, 1.807) is 0 Å². The summed E-state index contributed by atoms with van der Waals surface area (Å²) in [5, 5.41) is 3.06. The molecule has 1 spiro atoms. The lowest BCUT2D eigenvalue weighted by atomic mass is 9.68. The van der Waals surface area contributed by atoms with E-state index in [9.17, 15) is 4.79 Å². The van der Waals surface area contributed by atoms with Gasteiger partial charge < -0.3 is 10.2 Å². The molecule has 1 saturated heterocycles. The molecule has 2 aliphatic carbocycles. The quantitative estimate of drug-likeness (QED) is 0.423. The van der Waals surface area contributed by atoms with Crippen molar-refractivity contribution in [3.8, 4) is 0 Å². The van der Waals surface area contributed by atoms with Crippen LogP contribution in [0.1, 0.15) is 76.7 Å². The molecule has 0 aromatic heterocycles. The maximum absolute atomic E-state index is 12.8. The third-order valence-corrected chi connectivity index (χ3v) is 9.41. The first-order chi connectivity index (χ1) is 18.0. The van der Waals surface area contributed by atoms with Gasteiger partial charge in [-0.1, -0.05) is 79.7 Å². The molecule has 1 heterocycles. The van der Waals surface area contributed by atoms with Crippen LogP contribution in [0.5, 0.6) is 0 Å². The molecule has 1 N–H and O–H groups in total. The molecule has 1 saturated carbocycles. The van der Waals surface area contributed by atoms with E-state index in [2.05, 4.69) is 72.6 Å². The zero-order valence-electron chi connectivity index (χ0n) is 22.1. The van der Waals surface area contributed by atoms with Gasteiger partial charge in [0.2, 0.25) is 0 Å². The highest BCUT2D eigenvalue weighted by molar-refractivity contribution is 5.94. The maximum atomic E-state index is 12.8. The van der Waals surface area contributed by atoms with Gasteiger partial charge in [-0.2, -0.15) is 0 Å². The Bertz CT molecular complexity index is 1310. The van der Waals surface area contributed by atoms with E-state index in [1.807, 2.05) is 36.4 Å². The molecule has 6 rings (SSSR count). The summed E-state index contributed by atoms with van der Waals surface area (Å²) in [5.74, 6) is 1.21. The first-order valence-corrected chi connectivity index (χ1v) is 14.0. The second-order valence-corrected chi connectivity index (χ2v) is 11.5. The summed E-state index contributed by atoms with van der Waals surface area (Å²) < 4.78 is 0. The minimum Gasteiger partial charge on any atom is -0.348 e. The van der Waals surface area contributed by atoms with E-state index in [4.69, 9.17) is 0 Å². The van der Waals surface area contributed by atoms with E-state index in [-0.39, 0.29) is 11.3 Å². The van der Waals surface area contributed by atoms with Gasteiger partial charge in [0.1, 0.15) is 0 Å². The Labute approximate surface area is 221 Å². The van der Waals surface area contributed by atoms with E-state index in [0.717, 1.165) is 11.1 Å². The third kappa shape index (κ3) is 4.55. The molecule has 3 aromatic carbocycles. The van der Waals surface area contributed by atoms with E-state index < -0.39 is 0 Å². The molecule has 0 radical (unpaired) electrons. The minimum atomic E-state index is 0.00145. The largest absolute Gasteiger partial charge is 0.348 e. The fourth-order valence-electron chi connectivity index (χ4n) is 7.28. The van der Waals surface area contributed by atoms with Crippen LogP contribution < -0.4 is 5.32 Å². The van der Waals surface area contributed by atoms with Crippen LogP contribution in [0.15, 0.2) is 78.9 Å². The van der Waals surface area contributed by atoms with Gasteiger partial charge in [-0.15, -0.1) is 0 Å². The lowest BCUT2D eigenvalue weighted by molar-refractivity contribution is 0.0898. The van der Waals surface area contributed by atoms with Gasteiger partial charge in [0.25, 0.3) is 5.91 Å². The van der Waals surface area contributed by atoms with Crippen LogP contribution in [0.3, 0.4) is 0 Å². The summed E-state index contributed by atoms with van der Waals surface area (Å²) in [6.45, 7) is 7.54. The summed E-state index contributed by atoms with van der Waals surface area (Å²) in [5.41, 5.74) is 7.72. The van der Waals surface area contributed by atoms with Crippen molar-refractivity contribution in [3.05, 3.63) is 112 Å². The number of hydrogen-bond donors (Lipinski definition) is 1. The second-order valence-electron chi connectivity index (χ2n) is 11.5. The Morgan fingerprint density at radius 2 is 1.84 bits per heavy atom. The first kappa shape index (κ1) is 24.2. The average Bonchev–Trinajstić information content (AvgIpc) is 3.56. The van der Waals surface area contributed by atoms with Crippen molar-refractivity contribution in [2.75, 3.05) is 13.1 Å². The molecule has 3 nitrogen and oxygen atoms in total. The van der Waals surface area contributed by atoms with E-state index >= 15 is 0 Å². The number of rotatable bonds is 5. The normalized spacial score (nSPS) is 26.9. The molecule has 1 aliphatic heterocycles. The standard InChI is InChI=1S/C34H38N2O/c1-24-20-29(33(37)35-22-26-8-4-3-5-9-26)13-15-31(24)28-12-14-30(21-28)36-19-18-34(25(2)23-36)17-16-27-10-6-7-11-32(27)34/h3-11,13,15-17,20,25,28,30H,12,14,18-19,21-23H2,1-2H3,(H,35,37)/t25-,28?,30?,34?/m0/s1. The number of allylic oxidation sites excluding steroid dienone is 1. The number of fused-ring (bicyclic) bond motifs is 2. The molecular weight excluding hydrogens is 452 g/mol. The van der Waals surface area contributed by atoms with Crippen LogP contribution in [0, 0.1) is 12.8 Å². The fourth-order valence-corrected chi connectivity index (χ4v) is 7.28. The Balaban J connectivity index is 1.08. The Morgan fingerprint density at radius 1 is 1.03 bits per heavy atom. The minimum absolute atomic E-state index is 0.00145. The predicted octanol–water partition coefficient (Wildman–Crippen LogP) is 6.87. The number of carbonyl (C=O) groups excluding carboxylic acids is 1. The number of nitrogens with one attached hydrogen (secondary N) is 1. The maximum Gasteiger partial charge on any atom is 0.251 e. The summed E-state index contributed by atoms with van der Waals surface area (Å²) in [6.07, 6.45) is 9.81. The summed E-state index contributed by atoms with van der Waals surface area (Å²) >= 11 is 0. The van der Waals surface area contributed by atoms with Crippen molar-refractivity contribution >= 4 is 12.0 Å². The fraction of sp³-hybridized carbons (Fsp3) is 0.382. The first-order valence-electron chi connectivity index (χ1n) is 14.0. The van der Waals surface area contributed by atoms with Crippen molar-refractivity contribution < 1.29 is 4.79 Å². The number of piperidine rings is 1. The van der Waals surface area contributed by atoms with Gasteiger partial charge in [0.05, 0.1) is 0 Å². The molecule has 2 fully saturated rings. The van der Waals surface area contributed by atoms with Gasteiger partial charge >= 0.3 is 0 Å². The van der Waals surface area contributed by atoms with E-state index in [1.165, 1.54) is 61.0 Å². The molecule has 3 heteroatoms. The smallest absolute Gasteiger partial charge is 0.251 e. The molecule has 37 heavy (non-hydrogen) atoms. The number of aryl methyl sites for hydroxylation is 1. The molecule has 3 aliphatic rings. The number of nitrogens with zero attached hydrogens (tertiary/aromatic N) is 1. The molecule has 4 atom stereocenters. The monoisotopic (exact) mass is 490 g/mol. The van der Waals surface area contributed by atoms with Crippen LogP contribution in [0.25, 0.3) is 6.08 Å². The lowest BCUT2D eigenvalue weighted by Crippen LogP contribution is -2.50. The van der Waals surface area contributed by atoms with Crippen LogP contribution >= 0.6 is 0 Å². The van der Waals surface area contributed by atoms with Crippen molar-refractivity contribution in [3.63, 3.8) is 0 Å². The van der Waals surface area contributed by atoms with Crippen LogP contribution in [0.2, 0.25) is 0 Å². The summed E-state index contributed by atoms with van der Waals surface area (Å²) in [6, 6.07) is 26.0. The molecule has 190 valence electrons. The van der Waals surface area contributed by atoms with Crippen molar-refractivity contribution in [1.82, 2.24) is 10.2 Å². The average molecular weight is 491 g/mol. The molecule has 0 bridgehead atoms. The molecule has 3 aromatic rings. The van der Waals surface area contributed by atoms with Crippen molar-refractivity contribution in [1.29, 1.82) is 0 Å². The van der Waals surface area contributed by atoms with Crippen molar-refractivity contribution in [2.24, 2.45) is 5.92 Å². The van der Waals surface area contributed by atoms with E-state index in [0.29, 0.717) is 24.4 Å². The number of benzene rings is 3. The number of hydrogen-bond acceptors (Lipinski definition) is 2. The van der Waals surface area contributed by atoms with Gasteiger partial charge in [-0.3, -0.25) is 4.79 Å². The highest BCUT2D eigenvalue weighted by Gasteiger charge is 2.45. The van der Waals surface area contributed by atoms with Gasteiger partial charge in [-0.05, 0) is 90.9 Å². The van der Waals surface area contributed by atoms with Gasteiger partial charge in [-0.25, -0.2) is 0 Å². The number of amides is 1. The Morgan fingerprint density at radius 3 is 2.65 bits per heavy atom. The predicted molar refractivity (Wildman–Crippen MR) is 152 cm³/mol. The summed E-state index contributed by atoms with van der Waals surface area (Å²) in [7, 11) is 0. The second kappa shape index (κ2) is 9.95. The van der Waals surface area contributed by atoms with Gasteiger partial charge in [0, 0.05) is 30.1 Å². The van der Waals surface area contributed by atoms with Crippen LogP contribution in [-0.2, 0) is 12.0 Å². The SMILES string of the molecule is Cc1cc(C(=O)NCc2ccccc2)ccc1C1CCC(N2CCC3(C=Cc4ccccc43)[C@@H](C)C2)C1. The highest BCUT2D eigenvalue weighted by Crippen LogP contribution is 2.48.